The quantitative estimate of drug-likeness (QED) is 0.444. The maximum atomic E-state index is 12.8. The topological polar surface area (TPSA) is 88.3 Å². The summed E-state index contributed by atoms with van der Waals surface area (Å²) >= 11 is 0. The average Bonchev–Trinajstić information content (AvgIpc) is 2.97. The van der Waals surface area contributed by atoms with Crippen LogP contribution >= 0.6 is 0 Å². The Labute approximate surface area is 159 Å². The highest BCUT2D eigenvalue weighted by atomic mass is 16.5. The number of H-pyrrole nitrogens is 1. The van der Waals surface area contributed by atoms with Gasteiger partial charge in [0.2, 0.25) is 0 Å². The largest absolute Gasteiger partial charge is 0.462 e. The molecule has 2 N–H and O–H groups in total. The van der Waals surface area contributed by atoms with E-state index >= 15 is 0 Å². The van der Waals surface area contributed by atoms with E-state index in [1.165, 1.54) is 0 Å². The van der Waals surface area contributed by atoms with Crippen molar-refractivity contribution in [2.75, 3.05) is 13.2 Å². The van der Waals surface area contributed by atoms with Crippen LogP contribution in [0.15, 0.2) is 24.3 Å². The number of aromatic nitrogens is 1. The summed E-state index contributed by atoms with van der Waals surface area (Å²) < 4.78 is 5.16. The first-order valence-corrected chi connectivity index (χ1v) is 9.05. The van der Waals surface area contributed by atoms with Gasteiger partial charge in [-0.2, -0.15) is 0 Å². The number of ether oxygens (including phenoxy) is 1. The summed E-state index contributed by atoms with van der Waals surface area (Å²) in [5.41, 5.74) is 2.99. The van der Waals surface area contributed by atoms with Crippen molar-refractivity contribution in [3.05, 3.63) is 46.8 Å². The number of ketones is 1. The first-order valence-electron chi connectivity index (χ1n) is 9.05. The van der Waals surface area contributed by atoms with E-state index in [1.807, 2.05) is 45.0 Å². The van der Waals surface area contributed by atoms with Crippen molar-refractivity contribution < 1.29 is 19.1 Å². The molecule has 27 heavy (non-hydrogen) atoms. The highest BCUT2D eigenvalue weighted by molar-refractivity contribution is 6.43. The molecule has 0 aliphatic carbocycles. The highest BCUT2D eigenvalue weighted by Crippen LogP contribution is 2.31. The zero-order chi connectivity index (χ0) is 20.1. The predicted octanol–water partition coefficient (Wildman–Crippen LogP) is 3.43. The average molecular weight is 370 g/mol. The number of carbonyl (C=O) groups is 3. The maximum Gasteiger partial charge on any atom is 0.340 e. The van der Waals surface area contributed by atoms with Crippen LogP contribution in [-0.2, 0) is 9.53 Å². The van der Waals surface area contributed by atoms with Crippen LogP contribution in [-0.4, -0.2) is 35.8 Å². The van der Waals surface area contributed by atoms with Crippen LogP contribution in [0.5, 0.6) is 0 Å². The first kappa shape index (κ1) is 20.4. The fourth-order valence-corrected chi connectivity index (χ4v) is 2.75. The molecule has 6 heteroatoms. The van der Waals surface area contributed by atoms with Gasteiger partial charge in [-0.15, -0.1) is 0 Å². The molecule has 0 saturated carbocycles. The molecule has 1 amide bonds. The Hall–Kier alpha value is -2.89. The van der Waals surface area contributed by atoms with Gasteiger partial charge in [-0.05, 0) is 32.3 Å². The molecule has 0 bridgehead atoms. The second-order valence-electron chi connectivity index (χ2n) is 6.89. The zero-order valence-electron chi connectivity index (χ0n) is 16.4. The van der Waals surface area contributed by atoms with Gasteiger partial charge in [0.25, 0.3) is 11.7 Å². The number of rotatable bonds is 7. The number of carbonyl (C=O) groups excluding carboxylic acids is 3. The Balaban J connectivity index is 2.55. The molecule has 2 aromatic rings. The van der Waals surface area contributed by atoms with Gasteiger partial charge in [-0.1, -0.05) is 43.7 Å². The van der Waals surface area contributed by atoms with Crippen LogP contribution in [0.25, 0.3) is 11.1 Å². The van der Waals surface area contributed by atoms with Crippen LogP contribution < -0.4 is 5.32 Å². The molecular weight excluding hydrogens is 344 g/mol. The lowest BCUT2D eigenvalue weighted by Crippen LogP contribution is -2.34. The summed E-state index contributed by atoms with van der Waals surface area (Å²) in [4.78, 5) is 40.5. The molecule has 0 radical (unpaired) electrons. The fraction of sp³-hybridized carbons (Fsp3) is 0.381. The Morgan fingerprint density at radius 1 is 1.11 bits per heavy atom. The SMILES string of the molecule is CCOC(=O)c1c(C)[nH]c(C(=O)C(=O)NCC(C)C)c1-c1ccc(C)cc1. The lowest BCUT2D eigenvalue weighted by atomic mass is 9.97. The van der Waals surface area contributed by atoms with Gasteiger partial charge < -0.3 is 15.0 Å². The molecular formula is C21H26N2O4. The van der Waals surface area contributed by atoms with Crippen LogP contribution in [0.3, 0.4) is 0 Å². The van der Waals surface area contributed by atoms with Gasteiger partial charge in [0.15, 0.2) is 0 Å². The maximum absolute atomic E-state index is 12.8. The summed E-state index contributed by atoms with van der Waals surface area (Å²) in [6.45, 7) is 9.86. The number of nitrogens with one attached hydrogen (secondary N) is 2. The molecule has 0 unspecified atom stereocenters. The Morgan fingerprint density at radius 3 is 2.30 bits per heavy atom. The number of benzene rings is 1. The predicted molar refractivity (Wildman–Crippen MR) is 104 cm³/mol. The van der Waals surface area contributed by atoms with Crippen molar-refractivity contribution in [3.63, 3.8) is 0 Å². The van der Waals surface area contributed by atoms with Crippen molar-refractivity contribution >= 4 is 17.7 Å². The number of hydrogen-bond donors (Lipinski definition) is 2. The van der Waals surface area contributed by atoms with E-state index in [9.17, 15) is 14.4 Å². The van der Waals surface area contributed by atoms with E-state index in [1.54, 1.807) is 13.8 Å². The van der Waals surface area contributed by atoms with Gasteiger partial charge in [-0.25, -0.2) is 4.79 Å². The van der Waals surface area contributed by atoms with E-state index in [4.69, 9.17) is 4.74 Å². The minimum absolute atomic E-state index is 0.0978. The smallest absolute Gasteiger partial charge is 0.340 e. The highest BCUT2D eigenvalue weighted by Gasteiger charge is 2.29. The van der Waals surface area contributed by atoms with E-state index in [2.05, 4.69) is 10.3 Å². The van der Waals surface area contributed by atoms with Gasteiger partial charge in [0.05, 0.1) is 12.2 Å². The molecule has 0 fully saturated rings. The zero-order valence-corrected chi connectivity index (χ0v) is 16.4. The molecule has 1 aromatic heterocycles. The molecule has 0 atom stereocenters. The van der Waals surface area contributed by atoms with Crippen molar-refractivity contribution in [1.29, 1.82) is 0 Å². The normalized spacial score (nSPS) is 10.7. The molecule has 0 aliphatic heterocycles. The third-order valence-electron chi connectivity index (χ3n) is 4.11. The Kier molecular flexibility index (Phi) is 6.55. The molecule has 1 heterocycles. The minimum Gasteiger partial charge on any atom is -0.462 e. The van der Waals surface area contributed by atoms with E-state index in [-0.39, 0.29) is 23.8 Å². The fourth-order valence-electron chi connectivity index (χ4n) is 2.75. The molecule has 0 spiro atoms. The summed E-state index contributed by atoms with van der Waals surface area (Å²) in [5.74, 6) is -1.71. The van der Waals surface area contributed by atoms with Crippen molar-refractivity contribution in [2.45, 2.75) is 34.6 Å². The minimum atomic E-state index is -0.704. The van der Waals surface area contributed by atoms with Crippen molar-refractivity contribution in [2.24, 2.45) is 5.92 Å². The van der Waals surface area contributed by atoms with Gasteiger partial charge in [-0.3, -0.25) is 9.59 Å². The number of hydrogen-bond acceptors (Lipinski definition) is 4. The third-order valence-corrected chi connectivity index (χ3v) is 4.11. The second kappa shape index (κ2) is 8.66. The van der Waals surface area contributed by atoms with Crippen molar-refractivity contribution in [3.8, 4) is 11.1 Å². The monoisotopic (exact) mass is 370 g/mol. The lowest BCUT2D eigenvalue weighted by Gasteiger charge is -2.09. The molecule has 0 aliphatic rings. The van der Waals surface area contributed by atoms with Crippen molar-refractivity contribution in [1.82, 2.24) is 10.3 Å². The Bertz CT molecular complexity index is 848. The van der Waals surface area contributed by atoms with Crippen LogP contribution in [0.4, 0.5) is 0 Å². The van der Waals surface area contributed by atoms with Gasteiger partial charge >= 0.3 is 5.97 Å². The van der Waals surface area contributed by atoms with Gasteiger partial charge in [0, 0.05) is 17.8 Å². The lowest BCUT2D eigenvalue weighted by molar-refractivity contribution is -0.117. The van der Waals surface area contributed by atoms with Crippen LogP contribution in [0.1, 0.15) is 52.9 Å². The summed E-state index contributed by atoms with van der Waals surface area (Å²) in [6, 6.07) is 7.42. The summed E-state index contributed by atoms with van der Waals surface area (Å²) in [5, 5.41) is 2.63. The van der Waals surface area contributed by atoms with E-state index < -0.39 is 17.7 Å². The number of Topliss-reactive ketones (excluding diaryl/α,β-unsaturated/α-hetero) is 1. The number of esters is 1. The first-order chi connectivity index (χ1) is 12.8. The number of aromatic amines is 1. The summed E-state index contributed by atoms with van der Waals surface area (Å²) in [7, 11) is 0. The summed E-state index contributed by atoms with van der Waals surface area (Å²) in [6.07, 6.45) is 0. The third kappa shape index (κ3) is 4.64. The number of amides is 1. The van der Waals surface area contributed by atoms with Crippen LogP contribution in [0, 0.1) is 19.8 Å². The molecule has 144 valence electrons. The molecule has 1 aromatic carbocycles. The molecule has 0 saturated heterocycles. The van der Waals surface area contributed by atoms with Gasteiger partial charge in [0.1, 0.15) is 5.69 Å². The van der Waals surface area contributed by atoms with E-state index in [0.717, 1.165) is 5.56 Å². The van der Waals surface area contributed by atoms with Crippen LogP contribution in [0.2, 0.25) is 0 Å². The number of aryl methyl sites for hydroxylation is 2. The van der Waals surface area contributed by atoms with E-state index in [0.29, 0.717) is 23.4 Å². The standard InChI is InChI=1S/C21H26N2O4/c1-6-27-21(26)16-14(5)23-18(19(24)20(25)22-11-12(2)3)17(16)15-9-7-13(4)8-10-15/h7-10,12,23H,6,11H2,1-5H3,(H,22,25). The Morgan fingerprint density at radius 2 is 1.74 bits per heavy atom. The molecule has 6 nitrogen and oxygen atoms in total. The molecule has 2 rings (SSSR count). The second-order valence-corrected chi connectivity index (χ2v) is 6.89.